The second-order valence-electron chi connectivity index (χ2n) is 6.02. The van der Waals surface area contributed by atoms with Gasteiger partial charge in [-0.25, -0.2) is 4.98 Å². The Morgan fingerprint density at radius 1 is 1.18 bits per heavy atom. The van der Waals surface area contributed by atoms with E-state index in [-0.39, 0.29) is 28.8 Å². The summed E-state index contributed by atoms with van der Waals surface area (Å²) in [6.45, 7) is -0.144. The molecule has 0 spiro atoms. The number of aromatic nitrogens is 1. The number of carbonyl (C=O) groups excluding carboxylic acids is 3. The van der Waals surface area contributed by atoms with Crippen LogP contribution in [0.3, 0.4) is 0 Å². The van der Waals surface area contributed by atoms with Crippen molar-refractivity contribution in [2.75, 3.05) is 33.0 Å². The van der Waals surface area contributed by atoms with Crippen molar-refractivity contribution in [1.82, 2.24) is 14.8 Å². The molecule has 2 aromatic rings. The fourth-order valence-corrected chi connectivity index (χ4v) is 2.73. The van der Waals surface area contributed by atoms with Gasteiger partial charge in [-0.1, -0.05) is 6.07 Å². The summed E-state index contributed by atoms with van der Waals surface area (Å²) < 4.78 is 38.3. The zero-order valence-electron chi connectivity index (χ0n) is 15.2. The zero-order valence-corrected chi connectivity index (χ0v) is 16.0. The largest absolute Gasteiger partial charge is 0.416 e. The van der Waals surface area contributed by atoms with Crippen LogP contribution in [-0.2, 0) is 11.0 Å². The van der Waals surface area contributed by atoms with E-state index in [1.54, 1.807) is 14.1 Å². The quantitative estimate of drug-likeness (QED) is 0.815. The van der Waals surface area contributed by atoms with Crippen LogP contribution < -0.4 is 5.32 Å². The van der Waals surface area contributed by atoms with E-state index in [4.69, 9.17) is 0 Å². The molecule has 1 N–H and O–H groups in total. The third-order valence-electron chi connectivity index (χ3n) is 3.61. The topological polar surface area (TPSA) is 82.6 Å². The van der Waals surface area contributed by atoms with Crippen LogP contribution in [0.4, 0.5) is 18.3 Å². The number of alkyl halides is 3. The first-order valence-corrected chi connectivity index (χ1v) is 8.76. The summed E-state index contributed by atoms with van der Waals surface area (Å²) in [4.78, 5) is 42.6. The Labute approximate surface area is 162 Å². The third kappa shape index (κ3) is 5.28. The van der Waals surface area contributed by atoms with Gasteiger partial charge in [0, 0.05) is 32.1 Å². The van der Waals surface area contributed by atoms with Crippen LogP contribution in [0.25, 0.3) is 0 Å². The lowest BCUT2D eigenvalue weighted by molar-refractivity contribution is -0.137. The SMILES string of the molecule is CN(C)C(=O)CN(C)C(=O)c1csc(NC(=O)c2cccc(C(F)(F)F)c2)n1. The van der Waals surface area contributed by atoms with Crippen LogP contribution in [0.1, 0.15) is 26.4 Å². The lowest BCUT2D eigenvalue weighted by Gasteiger charge is -2.18. The van der Waals surface area contributed by atoms with E-state index < -0.39 is 23.6 Å². The Morgan fingerprint density at radius 2 is 1.86 bits per heavy atom. The van der Waals surface area contributed by atoms with Crippen molar-refractivity contribution >= 4 is 34.2 Å². The van der Waals surface area contributed by atoms with E-state index >= 15 is 0 Å². The summed E-state index contributed by atoms with van der Waals surface area (Å²) in [5.74, 6) is -1.58. The predicted molar refractivity (Wildman–Crippen MR) is 97.2 cm³/mol. The molecule has 0 unspecified atom stereocenters. The molecule has 0 atom stereocenters. The zero-order chi connectivity index (χ0) is 21.1. The van der Waals surface area contributed by atoms with Crippen molar-refractivity contribution in [3.8, 4) is 0 Å². The molecular weight excluding hydrogens is 397 g/mol. The van der Waals surface area contributed by atoms with Crippen LogP contribution >= 0.6 is 11.3 Å². The molecule has 0 radical (unpaired) electrons. The minimum Gasteiger partial charge on any atom is -0.347 e. The molecule has 0 bridgehead atoms. The highest BCUT2D eigenvalue weighted by Crippen LogP contribution is 2.29. The number of nitrogens with zero attached hydrogens (tertiary/aromatic N) is 3. The average Bonchev–Trinajstić information content (AvgIpc) is 3.08. The van der Waals surface area contributed by atoms with Crippen molar-refractivity contribution in [2.24, 2.45) is 0 Å². The second kappa shape index (κ2) is 8.38. The molecule has 7 nitrogen and oxygen atoms in total. The molecule has 1 aromatic heterocycles. The van der Waals surface area contributed by atoms with E-state index in [0.29, 0.717) is 0 Å². The third-order valence-corrected chi connectivity index (χ3v) is 4.37. The number of likely N-dealkylation sites (N-methyl/N-ethyl adjacent to an activating group) is 2. The highest BCUT2D eigenvalue weighted by Gasteiger charge is 2.31. The maximum absolute atomic E-state index is 12.8. The Bertz CT molecular complexity index is 896. The molecule has 1 aromatic carbocycles. The molecule has 0 aliphatic carbocycles. The minimum absolute atomic E-state index is 0.0124. The number of rotatable bonds is 5. The first kappa shape index (κ1) is 21.4. The van der Waals surface area contributed by atoms with Crippen molar-refractivity contribution in [3.63, 3.8) is 0 Å². The lowest BCUT2D eigenvalue weighted by atomic mass is 10.1. The van der Waals surface area contributed by atoms with E-state index in [1.807, 2.05) is 0 Å². The Hall–Kier alpha value is -2.95. The average molecular weight is 414 g/mol. The lowest BCUT2D eigenvalue weighted by Crippen LogP contribution is -2.37. The van der Waals surface area contributed by atoms with Crippen LogP contribution in [0.2, 0.25) is 0 Å². The number of carbonyl (C=O) groups is 3. The van der Waals surface area contributed by atoms with Gasteiger partial charge in [0.2, 0.25) is 5.91 Å². The summed E-state index contributed by atoms with van der Waals surface area (Å²) in [7, 11) is 4.56. The summed E-state index contributed by atoms with van der Waals surface area (Å²) in [5, 5.41) is 3.81. The number of nitrogens with one attached hydrogen (secondary N) is 1. The van der Waals surface area contributed by atoms with Crippen LogP contribution in [0, 0.1) is 0 Å². The molecular formula is C17H17F3N4O3S. The minimum atomic E-state index is -4.56. The number of thiazole rings is 1. The number of hydrogen-bond acceptors (Lipinski definition) is 5. The predicted octanol–water partition coefficient (Wildman–Crippen LogP) is 2.57. The molecule has 150 valence electrons. The molecule has 0 aliphatic heterocycles. The van der Waals surface area contributed by atoms with E-state index in [2.05, 4.69) is 10.3 Å². The van der Waals surface area contributed by atoms with Gasteiger partial charge < -0.3 is 9.80 Å². The Kier molecular flexibility index (Phi) is 6.39. The molecule has 28 heavy (non-hydrogen) atoms. The molecule has 3 amide bonds. The maximum atomic E-state index is 12.8. The molecule has 0 saturated carbocycles. The normalized spacial score (nSPS) is 11.1. The van der Waals surface area contributed by atoms with Crippen LogP contribution in [-0.4, -0.2) is 60.2 Å². The van der Waals surface area contributed by atoms with Crippen molar-refractivity contribution < 1.29 is 27.6 Å². The van der Waals surface area contributed by atoms with Gasteiger partial charge in [-0.3, -0.25) is 19.7 Å². The van der Waals surface area contributed by atoms with Crippen molar-refractivity contribution in [1.29, 1.82) is 0 Å². The van der Waals surface area contributed by atoms with Gasteiger partial charge in [-0.05, 0) is 18.2 Å². The van der Waals surface area contributed by atoms with Crippen molar-refractivity contribution in [2.45, 2.75) is 6.18 Å². The molecule has 1 heterocycles. The van der Waals surface area contributed by atoms with Gasteiger partial charge in [0.25, 0.3) is 11.8 Å². The number of benzene rings is 1. The van der Waals surface area contributed by atoms with E-state index in [1.165, 1.54) is 28.3 Å². The Morgan fingerprint density at radius 3 is 2.46 bits per heavy atom. The van der Waals surface area contributed by atoms with Crippen molar-refractivity contribution in [3.05, 3.63) is 46.5 Å². The fraction of sp³-hybridized carbons (Fsp3) is 0.294. The smallest absolute Gasteiger partial charge is 0.347 e. The summed E-state index contributed by atoms with van der Waals surface area (Å²) >= 11 is 0.945. The van der Waals surface area contributed by atoms with Crippen LogP contribution in [0.5, 0.6) is 0 Å². The summed E-state index contributed by atoms with van der Waals surface area (Å²) in [6.07, 6.45) is -4.56. The number of halogens is 3. The first-order chi connectivity index (χ1) is 13.0. The highest BCUT2D eigenvalue weighted by molar-refractivity contribution is 7.14. The molecule has 0 aliphatic rings. The second-order valence-corrected chi connectivity index (χ2v) is 6.88. The van der Waals surface area contributed by atoms with Crippen LogP contribution in [0.15, 0.2) is 29.6 Å². The first-order valence-electron chi connectivity index (χ1n) is 7.89. The standard InChI is InChI=1S/C17H17F3N4O3S/c1-23(2)13(25)8-24(3)15(27)12-9-28-16(21-12)22-14(26)10-5-4-6-11(7-10)17(18,19)20/h4-7,9H,8H2,1-3H3,(H,21,22,26). The van der Waals surface area contributed by atoms with Gasteiger partial charge in [-0.15, -0.1) is 11.3 Å². The molecule has 0 fully saturated rings. The summed E-state index contributed by atoms with van der Waals surface area (Å²) in [5.41, 5.74) is -1.12. The highest BCUT2D eigenvalue weighted by atomic mass is 32.1. The fourth-order valence-electron chi connectivity index (χ4n) is 2.05. The van der Waals surface area contributed by atoms with E-state index in [9.17, 15) is 27.6 Å². The summed E-state index contributed by atoms with van der Waals surface area (Å²) in [6, 6.07) is 3.97. The molecule has 2 rings (SSSR count). The maximum Gasteiger partial charge on any atom is 0.416 e. The number of hydrogen-bond donors (Lipinski definition) is 1. The Balaban J connectivity index is 2.07. The van der Waals surface area contributed by atoms with Gasteiger partial charge in [0.15, 0.2) is 5.13 Å². The van der Waals surface area contributed by atoms with Gasteiger partial charge in [-0.2, -0.15) is 13.2 Å². The van der Waals surface area contributed by atoms with Gasteiger partial charge in [0.1, 0.15) is 5.69 Å². The van der Waals surface area contributed by atoms with Gasteiger partial charge >= 0.3 is 6.18 Å². The molecule has 0 saturated heterocycles. The number of anilines is 1. The molecule has 11 heteroatoms. The van der Waals surface area contributed by atoms with Gasteiger partial charge in [0.05, 0.1) is 12.1 Å². The van der Waals surface area contributed by atoms with E-state index in [0.717, 1.165) is 29.5 Å². The monoisotopic (exact) mass is 414 g/mol. The number of amides is 3.